The maximum Gasteiger partial charge on any atom is 0.127 e. The molecule has 3 nitrogen and oxygen atoms in total. The van der Waals surface area contributed by atoms with Crippen LogP contribution in [0.4, 0.5) is 0 Å². The van der Waals surface area contributed by atoms with Crippen LogP contribution >= 0.6 is 0 Å². The van der Waals surface area contributed by atoms with Crippen molar-refractivity contribution in [1.29, 1.82) is 0 Å². The van der Waals surface area contributed by atoms with Crippen molar-refractivity contribution in [2.75, 3.05) is 0 Å². The summed E-state index contributed by atoms with van der Waals surface area (Å²) in [6.45, 7) is 10.4. The Labute approximate surface area is 140 Å². The molecule has 0 amide bonds. The predicted molar refractivity (Wildman–Crippen MR) is 92.4 cm³/mol. The fourth-order valence-corrected chi connectivity index (χ4v) is 4.02. The first kappa shape index (κ1) is 17.2. The monoisotopic (exact) mass is 320 g/mol. The van der Waals surface area contributed by atoms with Gasteiger partial charge in [-0.25, -0.2) is 0 Å². The van der Waals surface area contributed by atoms with E-state index in [0.717, 1.165) is 38.5 Å². The van der Waals surface area contributed by atoms with Gasteiger partial charge in [-0.2, -0.15) is 0 Å². The molecule has 3 aliphatic rings. The Bertz CT molecular complexity index is 527. The number of ether oxygens (including phenoxy) is 2. The molecule has 2 fully saturated rings. The summed E-state index contributed by atoms with van der Waals surface area (Å²) in [7, 11) is 0. The average molecular weight is 320 g/mol. The number of aliphatic hydroxyl groups is 1. The zero-order valence-electron chi connectivity index (χ0n) is 15.3. The van der Waals surface area contributed by atoms with Crippen LogP contribution in [0.1, 0.15) is 73.1 Å². The highest BCUT2D eigenvalue weighted by Gasteiger charge is 2.65. The molecular formula is C20H32O3. The molecule has 1 N–H and O–H groups in total. The third kappa shape index (κ3) is 3.42. The molecule has 4 atom stereocenters. The van der Waals surface area contributed by atoms with Crippen molar-refractivity contribution in [2.45, 2.75) is 102 Å². The van der Waals surface area contributed by atoms with E-state index < -0.39 is 11.2 Å². The lowest BCUT2D eigenvalue weighted by Gasteiger charge is -2.27. The molecule has 1 aliphatic carbocycles. The molecule has 0 aromatic heterocycles. The molecule has 3 rings (SSSR count). The van der Waals surface area contributed by atoms with Crippen LogP contribution in [0.15, 0.2) is 23.3 Å². The van der Waals surface area contributed by atoms with Gasteiger partial charge in [0.05, 0.1) is 17.3 Å². The fraction of sp³-hybridized carbons (Fsp3) is 0.800. The zero-order valence-corrected chi connectivity index (χ0v) is 15.3. The largest absolute Gasteiger partial charge is 0.387 e. The van der Waals surface area contributed by atoms with Crippen molar-refractivity contribution in [3.63, 3.8) is 0 Å². The Balaban J connectivity index is 1.79. The zero-order chi connectivity index (χ0) is 16.9. The van der Waals surface area contributed by atoms with E-state index in [9.17, 15) is 5.11 Å². The van der Waals surface area contributed by atoms with Gasteiger partial charge in [0.25, 0.3) is 0 Å². The highest BCUT2D eigenvalue weighted by atomic mass is 16.6. The lowest BCUT2D eigenvalue weighted by Crippen LogP contribution is -2.42. The standard InChI is InChI=1S/C20H32O3/c1-14-7-6-8-15(2)13-17-20(23-17,18(3,4)21)12-11-19(5)16(22-19)10-9-14/h7,13,16-17,21H,6,8-12H2,1-5H3/b14-7+,15-13+/t16-,17+,19-,20-/m1/s1. The molecular weight excluding hydrogens is 288 g/mol. The molecule has 0 aromatic rings. The van der Waals surface area contributed by atoms with Crippen molar-refractivity contribution in [3.05, 3.63) is 23.3 Å². The first-order valence-corrected chi connectivity index (χ1v) is 9.07. The van der Waals surface area contributed by atoms with Crippen LogP contribution in [-0.2, 0) is 9.47 Å². The Morgan fingerprint density at radius 1 is 1.13 bits per heavy atom. The number of hydrogen-bond acceptors (Lipinski definition) is 3. The third-order valence-corrected chi connectivity index (χ3v) is 6.07. The molecule has 2 heterocycles. The van der Waals surface area contributed by atoms with Gasteiger partial charge in [-0.1, -0.05) is 23.3 Å². The van der Waals surface area contributed by atoms with Gasteiger partial charge < -0.3 is 14.6 Å². The Hall–Kier alpha value is -0.640. The summed E-state index contributed by atoms with van der Waals surface area (Å²) < 4.78 is 12.0. The van der Waals surface area contributed by atoms with Gasteiger partial charge in [0.15, 0.2) is 0 Å². The van der Waals surface area contributed by atoms with Gasteiger partial charge in [0, 0.05) is 0 Å². The molecule has 3 heteroatoms. The second-order valence-electron chi connectivity index (χ2n) is 8.55. The molecule has 2 aliphatic heterocycles. The van der Waals surface area contributed by atoms with E-state index in [0.29, 0.717) is 6.10 Å². The number of rotatable bonds is 1. The average Bonchev–Trinajstić information content (AvgIpc) is 3.30. The molecule has 2 saturated heterocycles. The molecule has 0 aromatic carbocycles. The predicted octanol–water partition coefficient (Wildman–Crippen LogP) is 4.30. The van der Waals surface area contributed by atoms with E-state index in [1.54, 1.807) is 0 Å². The van der Waals surface area contributed by atoms with Crippen LogP contribution in [0.3, 0.4) is 0 Å². The lowest BCUT2D eigenvalue weighted by atomic mass is 9.80. The third-order valence-electron chi connectivity index (χ3n) is 6.07. The summed E-state index contributed by atoms with van der Waals surface area (Å²) in [4.78, 5) is 0. The van der Waals surface area contributed by atoms with E-state index in [1.165, 1.54) is 11.1 Å². The fourth-order valence-electron chi connectivity index (χ4n) is 4.02. The smallest absolute Gasteiger partial charge is 0.127 e. The Kier molecular flexibility index (Phi) is 4.27. The SMILES string of the molecule is C/C1=C\[C@@H]2O[C@]2(C(C)(C)O)CC[C@@]2(C)O[C@@H]2CC/C(C)=C/CC1. The summed E-state index contributed by atoms with van der Waals surface area (Å²) in [5, 5.41) is 10.6. The van der Waals surface area contributed by atoms with Gasteiger partial charge in [0.1, 0.15) is 11.7 Å². The van der Waals surface area contributed by atoms with Gasteiger partial charge >= 0.3 is 0 Å². The Morgan fingerprint density at radius 2 is 1.87 bits per heavy atom. The molecule has 23 heavy (non-hydrogen) atoms. The molecule has 0 saturated carbocycles. The van der Waals surface area contributed by atoms with Crippen molar-refractivity contribution in [1.82, 2.24) is 0 Å². The van der Waals surface area contributed by atoms with Crippen molar-refractivity contribution < 1.29 is 14.6 Å². The first-order valence-electron chi connectivity index (χ1n) is 9.07. The number of allylic oxidation sites excluding steroid dienone is 3. The molecule has 130 valence electrons. The van der Waals surface area contributed by atoms with Crippen LogP contribution in [-0.4, -0.2) is 34.1 Å². The summed E-state index contributed by atoms with van der Waals surface area (Å²) in [6.07, 6.45) is 11.2. The summed E-state index contributed by atoms with van der Waals surface area (Å²) in [5.74, 6) is 0. The van der Waals surface area contributed by atoms with Gasteiger partial charge in [-0.05, 0) is 73.1 Å². The van der Waals surface area contributed by atoms with Crippen molar-refractivity contribution >= 4 is 0 Å². The van der Waals surface area contributed by atoms with Crippen LogP contribution in [0.25, 0.3) is 0 Å². The van der Waals surface area contributed by atoms with Gasteiger partial charge in [-0.3, -0.25) is 0 Å². The second-order valence-corrected chi connectivity index (χ2v) is 8.55. The van der Waals surface area contributed by atoms with Crippen molar-refractivity contribution in [2.24, 2.45) is 0 Å². The second kappa shape index (κ2) is 5.72. The Morgan fingerprint density at radius 3 is 2.57 bits per heavy atom. The topological polar surface area (TPSA) is 45.3 Å². The number of fused-ring (bicyclic) bond motifs is 2. The summed E-state index contributed by atoms with van der Waals surface area (Å²) >= 11 is 0. The van der Waals surface area contributed by atoms with E-state index in [1.807, 2.05) is 13.8 Å². The summed E-state index contributed by atoms with van der Waals surface area (Å²) in [6, 6.07) is 0. The maximum absolute atomic E-state index is 10.6. The van der Waals surface area contributed by atoms with E-state index in [-0.39, 0.29) is 11.7 Å². The minimum Gasteiger partial charge on any atom is -0.387 e. The maximum atomic E-state index is 10.6. The van der Waals surface area contributed by atoms with Crippen LogP contribution in [0.5, 0.6) is 0 Å². The normalized spacial score (nSPS) is 46.3. The molecule has 0 radical (unpaired) electrons. The van der Waals surface area contributed by atoms with E-state index >= 15 is 0 Å². The molecule has 0 bridgehead atoms. The van der Waals surface area contributed by atoms with E-state index in [4.69, 9.17) is 9.47 Å². The van der Waals surface area contributed by atoms with Gasteiger partial charge in [-0.15, -0.1) is 0 Å². The van der Waals surface area contributed by atoms with Crippen LogP contribution < -0.4 is 0 Å². The van der Waals surface area contributed by atoms with Gasteiger partial charge in [0.2, 0.25) is 0 Å². The first-order chi connectivity index (χ1) is 10.7. The quantitative estimate of drug-likeness (QED) is 0.579. The van der Waals surface area contributed by atoms with Crippen molar-refractivity contribution in [3.8, 4) is 0 Å². The van der Waals surface area contributed by atoms with Crippen LogP contribution in [0.2, 0.25) is 0 Å². The molecule has 0 spiro atoms. The minimum absolute atomic E-state index is 0.0299. The number of hydrogen-bond donors (Lipinski definition) is 1. The van der Waals surface area contributed by atoms with Crippen LogP contribution in [0, 0.1) is 0 Å². The van der Waals surface area contributed by atoms with E-state index in [2.05, 4.69) is 32.9 Å². The summed E-state index contributed by atoms with van der Waals surface area (Å²) in [5.41, 5.74) is 1.53. The minimum atomic E-state index is -0.831. The highest BCUT2D eigenvalue weighted by Crippen LogP contribution is 2.53. The molecule has 0 unspecified atom stereocenters. The highest BCUT2D eigenvalue weighted by molar-refractivity contribution is 5.23. The number of epoxide rings is 2. The lowest BCUT2D eigenvalue weighted by molar-refractivity contribution is -0.0129.